The molecule has 1 saturated heterocycles. The predicted molar refractivity (Wildman–Crippen MR) is 75.2 cm³/mol. The van der Waals surface area contributed by atoms with E-state index in [1.807, 2.05) is 6.07 Å². The molecule has 20 heavy (non-hydrogen) atoms. The van der Waals surface area contributed by atoms with E-state index >= 15 is 0 Å². The molecule has 0 spiro atoms. The average molecular weight is 276 g/mol. The molecule has 0 aliphatic carbocycles. The summed E-state index contributed by atoms with van der Waals surface area (Å²) in [6.45, 7) is 1.07. The third-order valence-electron chi connectivity index (χ3n) is 3.49. The van der Waals surface area contributed by atoms with Crippen LogP contribution in [0.4, 0.5) is 0 Å². The maximum atomic E-state index is 12.1. The van der Waals surface area contributed by atoms with Crippen molar-refractivity contribution in [2.45, 2.75) is 18.9 Å². The van der Waals surface area contributed by atoms with Crippen molar-refractivity contribution in [3.63, 3.8) is 0 Å². The Labute approximate surface area is 118 Å². The minimum absolute atomic E-state index is 0.0421. The van der Waals surface area contributed by atoms with Crippen LogP contribution in [-0.4, -0.2) is 59.5 Å². The normalized spacial score (nSPS) is 18.7. The molecule has 1 atom stereocenters. The first-order valence-corrected chi connectivity index (χ1v) is 6.84. The van der Waals surface area contributed by atoms with Crippen LogP contribution in [0.1, 0.15) is 23.2 Å². The molecule has 1 N–H and O–H groups in total. The van der Waals surface area contributed by atoms with E-state index in [2.05, 4.69) is 0 Å². The van der Waals surface area contributed by atoms with Crippen LogP contribution in [0.25, 0.3) is 0 Å². The van der Waals surface area contributed by atoms with Crippen LogP contribution in [0, 0.1) is 0 Å². The van der Waals surface area contributed by atoms with Gasteiger partial charge in [-0.3, -0.25) is 9.59 Å². The standard InChI is InChI=1S/C15H20N2O3/c1-16(15(20)12-6-3-2-4-7-12)11-14(19)17-9-5-8-13(18)10-17/h2-4,6-7,13,18H,5,8-11H2,1H3. The lowest BCUT2D eigenvalue weighted by atomic mass is 10.1. The van der Waals surface area contributed by atoms with Crippen LogP contribution in [0.2, 0.25) is 0 Å². The zero-order valence-corrected chi connectivity index (χ0v) is 11.7. The molecule has 0 radical (unpaired) electrons. The molecule has 1 heterocycles. The van der Waals surface area contributed by atoms with E-state index in [-0.39, 0.29) is 18.4 Å². The number of aliphatic hydroxyl groups is 1. The summed E-state index contributed by atoms with van der Waals surface area (Å²) in [5.74, 6) is -0.285. The van der Waals surface area contributed by atoms with E-state index in [1.54, 1.807) is 36.2 Å². The fourth-order valence-corrected chi connectivity index (χ4v) is 2.36. The number of β-amino-alcohol motifs (C(OH)–C–C–N with tert-alkyl or cyclic N) is 1. The zero-order valence-electron chi connectivity index (χ0n) is 11.7. The number of carbonyl (C=O) groups excluding carboxylic acids is 2. The molecule has 1 aromatic carbocycles. The number of likely N-dealkylation sites (tertiary alicyclic amines) is 1. The lowest BCUT2D eigenvalue weighted by Crippen LogP contribution is -2.46. The van der Waals surface area contributed by atoms with Gasteiger partial charge < -0.3 is 14.9 Å². The van der Waals surface area contributed by atoms with Gasteiger partial charge in [0.25, 0.3) is 5.91 Å². The minimum Gasteiger partial charge on any atom is -0.391 e. The first-order valence-electron chi connectivity index (χ1n) is 6.84. The maximum absolute atomic E-state index is 12.1. The summed E-state index contributed by atoms with van der Waals surface area (Å²) in [5.41, 5.74) is 0.571. The molecular weight excluding hydrogens is 256 g/mol. The Morgan fingerprint density at radius 2 is 2.05 bits per heavy atom. The summed E-state index contributed by atoms with van der Waals surface area (Å²) in [5, 5.41) is 9.58. The van der Waals surface area contributed by atoms with Crippen LogP contribution in [0.5, 0.6) is 0 Å². The lowest BCUT2D eigenvalue weighted by Gasteiger charge is -2.31. The molecule has 0 bridgehead atoms. The van der Waals surface area contributed by atoms with Crippen LogP contribution in [0.3, 0.4) is 0 Å². The summed E-state index contributed by atoms with van der Waals surface area (Å²) in [7, 11) is 1.62. The minimum atomic E-state index is -0.442. The molecule has 1 aliphatic rings. The van der Waals surface area contributed by atoms with Crippen molar-refractivity contribution >= 4 is 11.8 Å². The number of amides is 2. The van der Waals surface area contributed by atoms with Gasteiger partial charge in [0, 0.05) is 25.7 Å². The number of aliphatic hydroxyl groups excluding tert-OH is 1. The van der Waals surface area contributed by atoms with Gasteiger partial charge in [0.15, 0.2) is 0 Å². The second-order valence-electron chi connectivity index (χ2n) is 5.16. The Kier molecular flexibility index (Phi) is 4.74. The highest BCUT2D eigenvalue weighted by molar-refractivity contribution is 5.96. The summed E-state index contributed by atoms with van der Waals surface area (Å²) < 4.78 is 0. The summed E-state index contributed by atoms with van der Waals surface area (Å²) in [6.07, 6.45) is 1.11. The monoisotopic (exact) mass is 276 g/mol. The van der Waals surface area contributed by atoms with Gasteiger partial charge in [0.1, 0.15) is 0 Å². The van der Waals surface area contributed by atoms with Crippen molar-refractivity contribution < 1.29 is 14.7 Å². The van der Waals surface area contributed by atoms with Crippen molar-refractivity contribution in [1.29, 1.82) is 0 Å². The van der Waals surface area contributed by atoms with Gasteiger partial charge in [-0.25, -0.2) is 0 Å². The van der Waals surface area contributed by atoms with Crippen LogP contribution >= 0.6 is 0 Å². The first-order chi connectivity index (χ1) is 9.58. The van der Waals surface area contributed by atoms with E-state index in [0.717, 1.165) is 12.8 Å². The van der Waals surface area contributed by atoms with E-state index < -0.39 is 6.10 Å². The van der Waals surface area contributed by atoms with Crippen molar-refractivity contribution in [2.24, 2.45) is 0 Å². The molecule has 1 fully saturated rings. The Bertz CT molecular complexity index is 475. The van der Waals surface area contributed by atoms with E-state index in [9.17, 15) is 14.7 Å². The van der Waals surface area contributed by atoms with E-state index in [1.165, 1.54) is 4.90 Å². The maximum Gasteiger partial charge on any atom is 0.254 e. The quantitative estimate of drug-likeness (QED) is 0.886. The van der Waals surface area contributed by atoms with Crippen molar-refractivity contribution in [1.82, 2.24) is 9.80 Å². The van der Waals surface area contributed by atoms with Crippen molar-refractivity contribution in [3.8, 4) is 0 Å². The molecule has 0 aromatic heterocycles. The number of hydrogen-bond donors (Lipinski definition) is 1. The fourth-order valence-electron chi connectivity index (χ4n) is 2.36. The number of rotatable bonds is 3. The summed E-state index contributed by atoms with van der Waals surface area (Å²) in [6, 6.07) is 8.90. The van der Waals surface area contributed by atoms with Crippen LogP contribution in [0.15, 0.2) is 30.3 Å². The smallest absolute Gasteiger partial charge is 0.254 e. The SMILES string of the molecule is CN(CC(=O)N1CCCC(O)C1)C(=O)c1ccccc1. The molecule has 1 unspecified atom stereocenters. The van der Waals surface area contributed by atoms with Gasteiger partial charge in [0.05, 0.1) is 12.6 Å². The lowest BCUT2D eigenvalue weighted by molar-refractivity contribution is -0.134. The fraction of sp³-hybridized carbons (Fsp3) is 0.467. The van der Waals surface area contributed by atoms with Gasteiger partial charge in [-0.1, -0.05) is 18.2 Å². The highest BCUT2D eigenvalue weighted by Gasteiger charge is 2.24. The summed E-state index contributed by atoms with van der Waals surface area (Å²) >= 11 is 0. The molecule has 1 aromatic rings. The van der Waals surface area contributed by atoms with Gasteiger partial charge in [-0.15, -0.1) is 0 Å². The number of hydrogen-bond acceptors (Lipinski definition) is 3. The number of nitrogens with zero attached hydrogens (tertiary/aromatic N) is 2. The number of carbonyl (C=O) groups is 2. The third-order valence-corrected chi connectivity index (χ3v) is 3.49. The summed E-state index contributed by atoms with van der Waals surface area (Å²) in [4.78, 5) is 27.3. The molecular formula is C15H20N2O3. The molecule has 108 valence electrons. The third kappa shape index (κ3) is 3.57. The second kappa shape index (κ2) is 6.52. The predicted octanol–water partition coefficient (Wildman–Crippen LogP) is 0.742. The van der Waals surface area contributed by atoms with Crippen molar-refractivity contribution in [3.05, 3.63) is 35.9 Å². The molecule has 0 saturated carbocycles. The van der Waals surface area contributed by atoms with E-state index in [0.29, 0.717) is 18.7 Å². The topological polar surface area (TPSA) is 60.9 Å². The van der Waals surface area contributed by atoms with Gasteiger partial charge in [-0.05, 0) is 25.0 Å². The largest absolute Gasteiger partial charge is 0.391 e. The molecule has 2 rings (SSSR count). The van der Waals surface area contributed by atoms with Gasteiger partial charge >= 0.3 is 0 Å². The van der Waals surface area contributed by atoms with Gasteiger partial charge in [-0.2, -0.15) is 0 Å². The second-order valence-corrected chi connectivity index (χ2v) is 5.16. The Hall–Kier alpha value is -1.88. The highest BCUT2D eigenvalue weighted by atomic mass is 16.3. The average Bonchev–Trinajstić information content (AvgIpc) is 2.47. The molecule has 5 heteroatoms. The Balaban J connectivity index is 1.92. The Morgan fingerprint density at radius 3 is 2.70 bits per heavy atom. The first kappa shape index (κ1) is 14.5. The molecule has 5 nitrogen and oxygen atoms in total. The van der Waals surface area contributed by atoms with Crippen LogP contribution < -0.4 is 0 Å². The number of likely N-dealkylation sites (N-methyl/N-ethyl adjacent to an activating group) is 1. The molecule has 2 amide bonds. The van der Waals surface area contributed by atoms with Crippen LogP contribution in [-0.2, 0) is 4.79 Å². The van der Waals surface area contributed by atoms with E-state index in [4.69, 9.17) is 0 Å². The molecule has 1 aliphatic heterocycles. The highest BCUT2D eigenvalue weighted by Crippen LogP contribution is 2.10. The Morgan fingerprint density at radius 1 is 1.35 bits per heavy atom. The number of benzene rings is 1. The number of piperidine rings is 1. The van der Waals surface area contributed by atoms with Crippen molar-refractivity contribution in [2.75, 3.05) is 26.7 Å². The van der Waals surface area contributed by atoms with Gasteiger partial charge in [0.2, 0.25) is 5.91 Å². The zero-order chi connectivity index (χ0) is 14.5.